The van der Waals surface area contributed by atoms with Crippen LogP contribution in [0.1, 0.15) is 19.3 Å². The number of aliphatic hydroxyl groups excluding tert-OH is 1. The van der Waals surface area contributed by atoms with Gasteiger partial charge in [0.25, 0.3) is 0 Å². The number of anilines is 4. The summed E-state index contributed by atoms with van der Waals surface area (Å²) in [6.45, 7) is 3.61. The van der Waals surface area contributed by atoms with Crippen molar-refractivity contribution < 1.29 is 14.7 Å². The number of carbonyl (C=O) groups is 2. The summed E-state index contributed by atoms with van der Waals surface area (Å²) in [4.78, 5) is 37.4. The first-order valence-corrected chi connectivity index (χ1v) is 13.1. The third-order valence-electron chi connectivity index (χ3n) is 6.93. The van der Waals surface area contributed by atoms with Crippen LogP contribution in [-0.4, -0.2) is 77.2 Å². The average molecular weight is 516 g/mol. The van der Waals surface area contributed by atoms with Gasteiger partial charge in [-0.05, 0) is 61.9 Å². The third-order valence-corrected chi connectivity index (χ3v) is 6.93. The van der Waals surface area contributed by atoms with Crippen LogP contribution in [0.4, 0.5) is 23.0 Å². The fourth-order valence-corrected chi connectivity index (χ4v) is 4.79. The minimum Gasteiger partial charge on any atom is -0.396 e. The molecule has 2 aliphatic rings. The fraction of sp³-hybridized carbons (Fsp3) is 0.357. The highest BCUT2D eigenvalue weighted by Gasteiger charge is 2.22. The molecule has 2 aromatic carbocycles. The lowest BCUT2D eigenvalue weighted by Gasteiger charge is -2.36. The second kappa shape index (κ2) is 12.0. The predicted molar refractivity (Wildman–Crippen MR) is 147 cm³/mol. The van der Waals surface area contributed by atoms with Gasteiger partial charge in [0.2, 0.25) is 17.8 Å². The highest BCUT2D eigenvalue weighted by atomic mass is 16.3. The first kappa shape index (κ1) is 25.6. The van der Waals surface area contributed by atoms with E-state index in [4.69, 9.17) is 5.11 Å². The van der Waals surface area contributed by atoms with Crippen LogP contribution in [0.5, 0.6) is 0 Å². The lowest BCUT2D eigenvalue weighted by molar-refractivity contribution is -0.132. The Morgan fingerprint density at radius 1 is 0.974 bits per heavy atom. The van der Waals surface area contributed by atoms with Crippen LogP contribution in [0.15, 0.2) is 60.8 Å². The van der Waals surface area contributed by atoms with Crippen molar-refractivity contribution in [3.8, 4) is 11.3 Å². The standard InChI is InChI=1S/C28H33N7O3/c36-19-12-26(37)35-17-15-34(16-18-35)23-9-7-22(8-10-23)32-28-30-14-11-24(33-28)20-3-5-21(6-4-20)31-27(38)25-2-1-13-29-25/h3-11,14,25,29,36H,1-2,12-13,15-19H2,(H,31,38)(H,30,32,33)/t25-/m1/s1. The van der Waals surface area contributed by atoms with Crippen LogP contribution < -0.4 is 20.9 Å². The number of nitrogens with zero attached hydrogens (tertiary/aromatic N) is 4. The molecular formula is C28H33N7O3. The van der Waals surface area contributed by atoms with Crippen molar-refractivity contribution in [2.24, 2.45) is 0 Å². The normalized spacial score (nSPS) is 17.3. The second-order valence-corrected chi connectivity index (χ2v) is 9.49. The van der Waals surface area contributed by atoms with E-state index in [2.05, 4.69) is 30.8 Å². The molecule has 198 valence electrons. The quantitative estimate of drug-likeness (QED) is 0.361. The molecule has 10 heteroatoms. The molecule has 0 aliphatic carbocycles. The fourth-order valence-electron chi connectivity index (χ4n) is 4.79. The zero-order chi connectivity index (χ0) is 26.3. The molecule has 2 amide bonds. The Labute approximate surface area is 222 Å². The van der Waals surface area contributed by atoms with E-state index < -0.39 is 0 Å². The number of nitrogens with one attached hydrogen (secondary N) is 3. The van der Waals surface area contributed by atoms with Gasteiger partial charge in [-0.15, -0.1) is 0 Å². The van der Waals surface area contributed by atoms with Crippen molar-refractivity contribution in [1.29, 1.82) is 0 Å². The number of benzene rings is 2. The van der Waals surface area contributed by atoms with Gasteiger partial charge in [0, 0.05) is 61.4 Å². The van der Waals surface area contributed by atoms with E-state index in [-0.39, 0.29) is 30.9 Å². The lowest BCUT2D eigenvalue weighted by atomic mass is 10.1. The van der Waals surface area contributed by atoms with Crippen LogP contribution in [-0.2, 0) is 9.59 Å². The predicted octanol–water partition coefficient (Wildman–Crippen LogP) is 2.61. The Hall–Kier alpha value is -4.02. The van der Waals surface area contributed by atoms with E-state index in [1.165, 1.54) is 0 Å². The molecule has 2 saturated heterocycles. The minimum atomic E-state index is -0.113. The third kappa shape index (κ3) is 6.27. The Bertz CT molecular complexity index is 1240. The number of carbonyl (C=O) groups excluding carboxylic acids is 2. The van der Waals surface area contributed by atoms with E-state index in [1.54, 1.807) is 6.20 Å². The van der Waals surface area contributed by atoms with Crippen molar-refractivity contribution in [2.45, 2.75) is 25.3 Å². The first-order chi connectivity index (χ1) is 18.6. The Kier molecular flexibility index (Phi) is 8.10. The summed E-state index contributed by atoms with van der Waals surface area (Å²) in [6, 6.07) is 17.5. The molecule has 4 N–H and O–H groups in total. The maximum absolute atomic E-state index is 12.3. The average Bonchev–Trinajstić information content (AvgIpc) is 3.50. The van der Waals surface area contributed by atoms with Crippen LogP contribution in [0.25, 0.3) is 11.3 Å². The molecule has 3 aromatic rings. The van der Waals surface area contributed by atoms with Crippen LogP contribution in [0.2, 0.25) is 0 Å². The topological polar surface area (TPSA) is 123 Å². The van der Waals surface area contributed by atoms with Crippen LogP contribution in [0, 0.1) is 0 Å². The Balaban J connectivity index is 1.17. The molecule has 0 saturated carbocycles. The first-order valence-electron chi connectivity index (χ1n) is 13.1. The molecule has 38 heavy (non-hydrogen) atoms. The van der Waals surface area contributed by atoms with Gasteiger partial charge in [-0.25, -0.2) is 9.97 Å². The molecule has 2 aliphatic heterocycles. The molecule has 10 nitrogen and oxygen atoms in total. The lowest BCUT2D eigenvalue weighted by Crippen LogP contribution is -2.48. The van der Waals surface area contributed by atoms with E-state index in [0.717, 1.165) is 60.8 Å². The van der Waals surface area contributed by atoms with Crippen molar-refractivity contribution >= 4 is 34.8 Å². The molecule has 1 aromatic heterocycles. The number of hydrogen-bond donors (Lipinski definition) is 4. The molecule has 0 unspecified atom stereocenters. The highest BCUT2D eigenvalue weighted by Crippen LogP contribution is 2.24. The minimum absolute atomic E-state index is 0.00481. The number of piperazine rings is 1. The number of aromatic nitrogens is 2. The molecule has 0 bridgehead atoms. The second-order valence-electron chi connectivity index (χ2n) is 9.49. The molecule has 2 fully saturated rings. The van der Waals surface area contributed by atoms with E-state index in [1.807, 2.05) is 59.5 Å². The molecular weight excluding hydrogens is 482 g/mol. The molecule has 5 rings (SSSR count). The summed E-state index contributed by atoms with van der Waals surface area (Å²) in [5, 5.41) is 18.4. The number of amides is 2. The van der Waals surface area contributed by atoms with Gasteiger partial charge in [0.15, 0.2) is 0 Å². The SMILES string of the molecule is O=C(Nc1ccc(-c2ccnc(Nc3ccc(N4CCN(C(=O)CCO)CC4)cc3)n2)cc1)[C@H]1CCCN1. The largest absolute Gasteiger partial charge is 0.396 e. The van der Waals surface area contributed by atoms with Crippen molar-refractivity contribution in [3.63, 3.8) is 0 Å². The van der Waals surface area contributed by atoms with Gasteiger partial charge in [0.05, 0.1) is 18.3 Å². The van der Waals surface area contributed by atoms with E-state index in [0.29, 0.717) is 19.0 Å². The van der Waals surface area contributed by atoms with Crippen molar-refractivity contribution in [3.05, 3.63) is 60.8 Å². The summed E-state index contributed by atoms with van der Waals surface area (Å²) in [5.41, 5.74) is 4.44. The summed E-state index contributed by atoms with van der Waals surface area (Å²) in [5.74, 6) is 0.509. The summed E-state index contributed by atoms with van der Waals surface area (Å²) in [6.07, 6.45) is 3.80. The Morgan fingerprint density at radius 2 is 1.71 bits per heavy atom. The van der Waals surface area contributed by atoms with Gasteiger partial charge in [-0.1, -0.05) is 12.1 Å². The van der Waals surface area contributed by atoms with Gasteiger partial charge >= 0.3 is 0 Å². The van der Waals surface area contributed by atoms with E-state index >= 15 is 0 Å². The highest BCUT2D eigenvalue weighted by molar-refractivity contribution is 5.95. The van der Waals surface area contributed by atoms with Gasteiger partial charge in [-0.2, -0.15) is 0 Å². The monoisotopic (exact) mass is 515 g/mol. The molecule has 0 spiro atoms. The summed E-state index contributed by atoms with van der Waals surface area (Å²) < 4.78 is 0. The van der Waals surface area contributed by atoms with Crippen LogP contribution >= 0.6 is 0 Å². The van der Waals surface area contributed by atoms with Gasteiger partial charge in [-0.3, -0.25) is 9.59 Å². The zero-order valence-corrected chi connectivity index (χ0v) is 21.3. The summed E-state index contributed by atoms with van der Waals surface area (Å²) >= 11 is 0. The van der Waals surface area contributed by atoms with Gasteiger partial charge in [0.1, 0.15) is 0 Å². The smallest absolute Gasteiger partial charge is 0.241 e. The maximum Gasteiger partial charge on any atom is 0.241 e. The maximum atomic E-state index is 12.3. The van der Waals surface area contributed by atoms with Crippen molar-refractivity contribution in [2.75, 3.05) is 54.9 Å². The van der Waals surface area contributed by atoms with E-state index in [9.17, 15) is 9.59 Å². The van der Waals surface area contributed by atoms with Crippen LogP contribution in [0.3, 0.4) is 0 Å². The number of rotatable bonds is 8. The number of hydrogen-bond acceptors (Lipinski definition) is 8. The zero-order valence-electron chi connectivity index (χ0n) is 21.3. The molecule has 3 heterocycles. The molecule has 0 radical (unpaired) electrons. The molecule has 1 atom stereocenters. The van der Waals surface area contributed by atoms with Crippen molar-refractivity contribution in [1.82, 2.24) is 20.2 Å². The summed E-state index contributed by atoms with van der Waals surface area (Å²) in [7, 11) is 0. The number of aliphatic hydroxyl groups is 1. The van der Waals surface area contributed by atoms with Gasteiger partial charge < -0.3 is 30.9 Å². The Morgan fingerprint density at radius 3 is 2.39 bits per heavy atom.